The maximum atomic E-state index is 12.0. The molecule has 0 saturated carbocycles. The fraction of sp³-hybridized carbons (Fsp3) is 0.833. The van der Waals surface area contributed by atoms with Crippen molar-refractivity contribution in [3.8, 4) is 0 Å². The predicted octanol–water partition coefficient (Wildman–Crippen LogP) is 1.38. The third kappa shape index (κ3) is 3.61. The van der Waals surface area contributed by atoms with E-state index in [1.54, 1.807) is 7.05 Å². The summed E-state index contributed by atoms with van der Waals surface area (Å²) < 4.78 is 5.30. The lowest BCUT2D eigenvalue weighted by atomic mass is 10.1. The monoisotopic (exact) mass is 242 g/mol. The Kier molecular flexibility index (Phi) is 4.01. The van der Waals surface area contributed by atoms with Gasteiger partial charge in [0.2, 0.25) is 5.91 Å². The van der Waals surface area contributed by atoms with Gasteiger partial charge in [0, 0.05) is 13.6 Å². The molecule has 1 aliphatic heterocycles. The molecule has 0 unspecified atom stereocenters. The summed E-state index contributed by atoms with van der Waals surface area (Å²) in [6, 6.07) is -0.398. The Labute approximate surface area is 102 Å². The minimum absolute atomic E-state index is 0.125. The van der Waals surface area contributed by atoms with Gasteiger partial charge in [-0.2, -0.15) is 0 Å². The zero-order valence-electron chi connectivity index (χ0n) is 11.2. The fourth-order valence-corrected chi connectivity index (χ4v) is 1.98. The van der Waals surface area contributed by atoms with E-state index in [9.17, 15) is 9.59 Å². The van der Waals surface area contributed by atoms with Gasteiger partial charge in [0.05, 0.1) is 0 Å². The zero-order chi connectivity index (χ0) is 13.2. The van der Waals surface area contributed by atoms with Crippen LogP contribution in [-0.4, -0.2) is 42.1 Å². The quantitative estimate of drug-likeness (QED) is 0.755. The van der Waals surface area contributed by atoms with Crippen LogP contribution in [0.3, 0.4) is 0 Å². The molecule has 5 heteroatoms. The molecule has 1 aliphatic rings. The van der Waals surface area contributed by atoms with Gasteiger partial charge in [-0.3, -0.25) is 9.69 Å². The summed E-state index contributed by atoms with van der Waals surface area (Å²) in [5, 5.41) is 2.59. The van der Waals surface area contributed by atoms with Crippen LogP contribution in [0, 0.1) is 5.92 Å². The van der Waals surface area contributed by atoms with Crippen molar-refractivity contribution in [3.63, 3.8) is 0 Å². The lowest BCUT2D eigenvalue weighted by molar-refractivity contribution is -0.125. The second-order valence-electron chi connectivity index (χ2n) is 5.60. The second-order valence-corrected chi connectivity index (χ2v) is 5.60. The summed E-state index contributed by atoms with van der Waals surface area (Å²) in [4.78, 5) is 25.2. The molecule has 1 rings (SSSR count). The number of likely N-dealkylation sites (tertiary alicyclic amines) is 1. The Morgan fingerprint density at radius 2 is 1.94 bits per heavy atom. The van der Waals surface area contributed by atoms with Crippen molar-refractivity contribution in [3.05, 3.63) is 0 Å². The van der Waals surface area contributed by atoms with Crippen LogP contribution in [0.15, 0.2) is 0 Å². The molecular weight excluding hydrogens is 220 g/mol. The molecule has 0 aromatic rings. The summed E-state index contributed by atoms with van der Waals surface area (Å²) >= 11 is 0. The molecule has 1 saturated heterocycles. The topological polar surface area (TPSA) is 58.6 Å². The molecule has 0 aliphatic carbocycles. The Bertz CT molecular complexity index is 309. The molecule has 98 valence electrons. The summed E-state index contributed by atoms with van der Waals surface area (Å²) in [6.07, 6.45) is 0.286. The van der Waals surface area contributed by atoms with Crippen molar-refractivity contribution >= 4 is 12.0 Å². The van der Waals surface area contributed by atoms with Crippen molar-refractivity contribution in [2.45, 2.75) is 45.8 Å². The first-order valence-electron chi connectivity index (χ1n) is 5.96. The van der Waals surface area contributed by atoms with Gasteiger partial charge in [-0.1, -0.05) is 6.92 Å². The normalized spacial score (nSPS) is 24.6. The smallest absolute Gasteiger partial charge is 0.410 e. The summed E-state index contributed by atoms with van der Waals surface area (Å²) in [5.41, 5.74) is -0.532. The van der Waals surface area contributed by atoms with Crippen LogP contribution >= 0.6 is 0 Å². The van der Waals surface area contributed by atoms with Crippen molar-refractivity contribution < 1.29 is 14.3 Å². The van der Waals surface area contributed by atoms with Crippen LogP contribution in [-0.2, 0) is 9.53 Å². The van der Waals surface area contributed by atoms with Gasteiger partial charge >= 0.3 is 6.09 Å². The number of nitrogens with one attached hydrogen (secondary N) is 1. The number of carbonyl (C=O) groups is 2. The molecule has 5 nitrogen and oxygen atoms in total. The number of carbonyl (C=O) groups excluding carboxylic acids is 2. The minimum atomic E-state index is -0.532. The third-order valence-corrected chi connectivity index (χ3v) is 2.69. The maximum absolute atomic E-state index is 12.0. The van der Waals surface area contributed by atoms with Crippen LogP contribution in [0.25, 0.3) is 0 Å². The molecule has 1 fully saturated rings. The number of hydrogen-bond donors (Lipinski definition) is 1. The molecule has 0 radical (unpaired) electrons. The van der Waals surface area contributed by atoms with Crippen molar-refractivity contribution in [2.75, 3.05) is 13.6 Å². The number of nitrogens with zero attached hydrogens (tertiary/aromatic N) is 1. The SMILES string of the molecule is CNC(=O)[C@@H]1C[C@@H](C)CN1C(=O)OC(C)(C)C. The molecule has 1 N–H and O–H groups in total. The van der Waals surface area contributed by atoms with Gasteiger partial charge in [-0.15, -0.1) is 0 Å². The average Bonchev–Trinajstić information content (AvgIpc) is 2.56. The molecule has 0 aromatic heterocycles. The van der Waals surface area contributed by atoms with E-state index < -0.39 is 17.7 Å². The minimum Gasteiger partial charge on any atom is -0.444 e. The highest BCUT2D eigenvalue weighted by Crippen LogP contribution is 2.25. The van der Waals surface area contributed by atoms with E-state index in [0.717, 1.165) is 0 Å². The highest BCUT2D eigenvalue weighted by Gasteiger charge is 2.39. The molecule has 2 amide bonds. The molecule has 1 heterocycles. The zero-order valence-corrected chi connectivity index (χ0v) is 11.2. The largest absolute Gasteiger partial charge is 0.444 e. The van der Waals surface area contributed by atoms with Crippen LogP contribution in [0.5, 0.6) is 0 Å². The van der Waals surface area contributed by atoms with E-state index in [4.69, 9.17) is 4.74 Å². The Hall–Kier alpha value is -1.26. The lowest BCUT2D eigenvalue weighted by Crippen LogP contribution is -2.46. The standard InChI is InChI=1S/C12H22N2O3/c1-8-6-9(10(15)13-5)14(7-8)11(16)17-12(2,3)4/h8-9H,6-7H2,1-5H3,(H,13,15)/t8-,9+/m1/s1. The van der Waals surface area contributed by atoms with Gasteiger partial charge in [0.1, 0.15) is 11.6 Å². The van der Waals surface area contributed by atoms with Crippen LogP contribution in [0.2, 0.25) is 0 Å². The summed E-state index contributed by atoms with van der Waals surface area (Å²) in [5.74, 6) is 0.199. The van der Waals surface area contributed by atoms with Gasteiger partial charge in [0.15, 0.2) is 0 Å². The first-order valence-corrected chi connectivity index (χ1v) is 5.96. The number of likely N-dealkylation sites (N-methyl/N-ethyl adjacent to an activating group) is 1. The summed E-state index contributed by atoms with van der Waals surface area (Å²) in [6.45, 7) is 8.06. The fourth-order valence-electron chi connectivity index (χ4n) is 1.98. The average molecular weight is 242 g/mol. The van der Waals surface area contributed by atoms with Crippen LogP contribution < -0.4 is 5.32 Å². The number of ether oxygens (including phenoxy) is 1. The Morgan fingerprint density at radius 3 is 2.41 bits per heavy atom. The first kappa shape index (κ1) is 13.8. The van der Waals surface area contributed by atoms with E-state index in [1.165, 1.54) is 4.90 Å². The maximum Gasteiger partial charge on any atom is 0.410 e. The van der Waals surface area contributed by atoms with E-state index in [2.05, 4.69) is 5.32 Å². The van der Waals surface area contributed by atoms with Crippen LogP contribution in [0.4, 0.5) is 4.79 Å². The predicted molar refractivity (Wildman–Crippen MR) is 64.6 cm³/mol. The van der Waals surface area contributed by atoms with Gasteiger partial charge in [-0.05, 0) is 33.1 Å². The van der Waals surface area contributed by atoms with E-state index in [0.29, 0.717) is 18.9 Å². The molecule has 0 aromatic carbocycles. The number of rotatable bonds is 1. The van der Waals surface area contributed by atoms with Crippen molar-refractivity contribution in [2.24, 2.45) is 5.92 Å². The lowest BCUT2D eigenvalue weighted by Gasteiger charge is -2.27. The van der Waals surface area contributed by atoms with E-state index >= 15 is 0 Å². The Morgan fingerprint density at radius 1 is 1.35 bits per heavy atom. The van der Waals surface area contributed by atoms with Crippen molar-refractivity contribution in [1.29, 1.82) is 0 Å². The van der Waals surface area contributed by atoms with E-state index in [1.807, 2.05) is 27.7 Å². The highest BCUT2D eigenvalue weighted by molar-refractivity contribution is 5.86. The van der Waals surface area contributed by atoms with E-state index in [-0.39, 0.29) is 5.91 Å². The number of hydrogen-bond acceptors (Lipinski definition) is 3. The molecular formula is C12H22N2O3. The molecule has 17 heavy (non-hydrogen) atoms. The van der Waals surface area contributed by atoms with Crippen molar-refractivity contribution in [1.82, 2.24) is 10.2 Å². The molecule has 0 spiro atoms. The first-order chi connectivity index (χ1) is 7.74. The molecule has 2 atom stereocenters. The van der Waals surface area contributed by atoms with Gasteiger partial charge in [-0.25, -0.2) is 4.79 Å². The highest BCUT2D eigenvalue weighted by atomic mass is 16.6. The van der Waals surface area contributed by atoms with Crippen LogP contribution in [0.1, 0.15) is 34.1 Å². The Balaban J connectivity index is 2.73. The molecule has 0 bridgehead atoms. The summed E-state index contributed by atoms with van der Waals surface area (Å²) in [7, 11) is 1.58. The number of amides is 2. The third-order valence-electron chi connectivity index (χ3n) is 2.69. The van der Waals surface area contributed by atoms with Gasteiger partial charge in [0.25, 0.3) is 0 Å². The van der Waals surface area contributed by atoms with Gasteiger partial charge < -0.3 is 10.1 Å². The second kappa shape index (κ2) is 4.94.